The predicted molar refractivity (Wildman–Crippen MR) is 121 cm³/mol. The molecule has 4 aromatic rings. The number of nitrogens with one attached hydrogen (secondary N) is 3. The van der Waals surface area contributed by atoms with E-state index in [1.54, 1.807) is 0 Å². The van der Waals surface area contributed by atoms with Gasteiger partial charge in [-0.3, -0.25) is 4.40 Å². The van der Waals surface area contributed by atoms with Crippen LogP contribution in [0.2, 0.25) is 0 Å². The van der Waals surface area contributed by atoms with Crippen molar-refractivity contribution in [1.29, 1.82) is 0 Å². The van der Waals surface area contributed by atoms with Crippen molar-refractivity contribution in [2.24, 2.45) is 4.99 Å². The molecule has 3 heterocycles. The quantitative estimate of drug-likeness (QED) is 0.219. The van der Waals surface area contributed by atoms with Crippen LogP contribution in [0.25, 0.3) is 16.7 Å². The summed E-state index contributed by atoms with van der Waals surface area (Å²) in [5.41, 5.74) is 2.88. The van der Waals surface area contributed by atoms with Gasteiger partial charge in [0.2, 0.25) is 0 Å². The van der Waals surface area contributed by atoms with Crippen LogP contribution in [0.15, 0.2) is 53.7 Å². The molecule has 3 N–H and O–H groups in total. The molecule has 28 heavy (non-hydrogen) atoms. The maximum Gasteiger partial charge on any atom is 0.191 e. The van der Waals surface area contributed by atoms with E-state index < -0.39 is 0 Å². The summed E-state index contributed by atoms with van der Waals surface area (Å²) < 4.78 is 1.95. The van der Waals surface area contributed by atoms with Gasteiger partial charge in [0.25, 0.3) is 0 Å². The van der Waals surface area contributed by atoms with Crippen molar-refractivity contribution >= 4 is 46.6 Å². The summed E-state index contributed by atoms with van der Waals surface area (Å²) in [5.74, 6) is 2.52. The number of halogens is 1. The van der Waals surface area contributed by atoms with Crippen molar-refractivity contribution in [3.63, 3.8) is 0 Å². The van der Waals surface area contributed by atoms with E-state index >= 15 is 0 Å². The number of H-pyrrole nitrogens is 1. The number of hydrogen-bond acceptors (Lipinski definition) is 4. The number of fused-ring (bicyclic) bond motifs is 2. The molecule has 0 saturated heterocycles. The molecule has 0 aliphatic heterocycles. The van der Waals surface area contributed by atoms with Crippen molar-refractivity contribution in [2.45, 2.75) is 19.9 Å². The molecular weight excluding hydrogens is 467 g/mol. The van der Waals surface area contributed by atoms with Gasteiger partial charge in [-0.15, -0.1) is 34.2 Å². The average molecular weight is 490 g/mol. The molecule has 0 saturated carbocycles. The summed E-state index contributed by atoms with van der Waals surface area (Å²) in [6.07, 6.45) is 2.73. The van der Waals surface area contributed by atoms with E-state index in [-0.39, 0.29) is 24.0 Å². The Kier molecular flexibility index (Phi) is 6.80. The SMILES string of the molecule is CCNC(=NCc1nnc2ccccn12)NCCc1nc2ccccc2[nH]1.I. The fraction of sp³-hybridized carbons (Fsp3) is 0.263. The highest BCUT2D eigenvalue weighted by Gasteiger charge is 2.05. The fourth-order valence-electron chi connectivity index (χ4n) is 2.91. The van der Waals surface area contributed by atoms with Gasteiger partial charge >= 0.3 is 0 Å². The molecule has 4 rings (SSSR count). The number of imidazole rings is 1. The number of aliphatic imine (C=N–C) groups is 1. The number of rotatable bonds is 6. The van der Waals surface area contributed by atoms with E-state index in [9.17, 15) is 0 Å². The third-order valence-corrected chi connectivity index (χ3v) is 4.20. The molecule has 0 atom stereocenters. The minimum atomic E-state index is 0. The first-order valence-electron chi connectivity index (χ1n) is 9.08. The zero-order valence-electron chi connectivity index (χ0n) is 15.6. The highest BCUT2D eigenvalue weighted by molar-refractivity contribution is 14.0. The molecule has 0 radical (unpaired) electrons. The maximum atomic E-state index is 4.62. The molecule has 1 aromatic carbocycles. The van der Waals surface area contributed by atoms with Crippen molar-refractivity contribution in [1.82, 2.24) is 35.2 Å². The molecular formula is C19H23IN8. The van der Waals surface area contributed by atoms with Gasteiger partial charge in [-0.25, -0.2) is 9.98 Å². The predicted octanol–water partition coefficient (Wildman–Crippen LogP) is 2.52. The summed E-state index contributed by atoms with van der Waals surface area (Å²) >= 11 is 0. The highest BCUT2D eigenvalue weighted by Crippen LogP contribution is 2.10. The number of nitrogens with zero attached hydrogens (tertiary/aromatic N) is 5. The molecule has 0 amide bonds. The topological polar surface area (TPSA) is 95.3 Å². The Hall–Kier alpha value is -2.69. The summed E-state index contributed by atoms with van der Waals surface area (Å²) in [6.45, 7) is 4.01. The van der Waals surface area contributed by atoms with Gasteiger partial charge in [0, 0.05) is 25.7 Å². The molecule has 8 nitrogen and oxygen atoms in total. The number of hydrogen-bond donors (Lipinski definition) is 3. The molecule has 0 fully saturated rings. The normalized spacial score (nSPS) is 11.5. The first kappa shape index (κ1) is 20.1. The first-order valence-corrected chi connectivity index (χ1v) is 9.08. The Morgan fingerprint density at radius 2 is 1.96 bits per heavy atom. The Morgan fingerprint density at radius 3 is 2.82 bits per heavy atom. The van der Waals surface area contributed by atoms with Crippen molar-refractivity contribution < 1.29 is 0 Å². The second kappa shape index (κ2) is 9.49. The molecule has 0 bridgehead atoms. The third kappa shape index (κ3) is 4.58. The lowest BCUT2D eigenvalue weighted by molar-refractivity contribution is 0.772. The Bertz CT molecular complexity index is 1030. The second-order valence-electron chi connectivity index (χ2n) is 6.12. The van der Waals surface area contributed by atoms with Crippen LogP contribution >= 0.6 is 24.0 Å². The first-order chi connectivity index (χ1) is 13.3. The van der Waals surface area contributed by atoms with Crippen molar-refractivity contribution in [2.75, 3.05) is 13.1 Å². The van der Waals surface area contributed by atoms with Crippen LogP contribution in [0, 0.1) is 0 Å². The van der Waals surface area contributed by atoms with Gasteiger partial charge in [0.05, 0.1) is 11.0 Å². The fourth-order valence-corrected chi connectivity index (χ4v) is 2.91. The second-order valence-corrected chi connectivity index (χ2v) is 6.12. The Balaban J connectivity index is 0.00000225. The highest BCUT2D eigenvalue weighted by atomic mass is 127. The number of aromatic nitrogens is 5. The zero-order valence-corrected chi connectivity index (χ0v) is 17.9. The molecule has 146 valence electrons. The lowest BCUT2D eigenvalue weighted by atomic mass is 10.3. The standard InChI is InChI=1S/C19H22N8.HI/c1-2-20-19(22-13-18-26-25-17-9-5-6-12-27(17)18)21-11-10-16-23-14-7-3-4-8-15(14)24-16;/h3-9,12H,2,10-11,13H2,1H3,(H,23,24)(H2,20,21,22);1H. The van der Waals surface area contributed by atoms with E-state index in [4.69, 9.17) is 0 Å². The molecule has 0 spiro atoms. The molecule has 0 unspecified atom stereocenters. The number of para-hydroxylation sites is 2. The van der Waals surface area contributed by atoms with Gasteiger partial charge in [-0.1, -0.05) is 18.2 Å². The van der Waals surface area contributed by atoms with Crippen molar-refractivity contribution in [3.05, 3.63) is 60.3 Å². The average Bonchev–Trinajstić information content (AvgIpc) is 3.29. The van der Waals surface area contributed by atoms with E-state index in [0.29, 0.717) is 6.54 Å². The summed E-state index contributed by atoms with van der Waals surface area (Å²) in [7, 11) is 0. The van der Waals surface area contributed by atoms with Gasteiger partial charge < -0.3 is 15.6 Å². The van der Waals surface area contributed by atoms with Crippen LogP contribution in [-0.2, 0) is 13.0 Å². The third-order valence-electron chi connectivity index (χ3n) is 4.20. The molecule has 0 aliphatic carbocycles. The van der Waals surface area contributed by atoms with Crippen LogP contribution in [0.4, 0.5) is 0 Å². The Labute approximate surface area is 179 Å². The van der Waals surface area contributed by atoms with Crippen LogP contribution < -0.4 is 10.6 Å². The van der Waals surface area contributed by atoms with Crippen LogP contribution in [0.1, 0.15) is 18.6 Å². The number of pyridine rings is 1. The lowest BCUT2D eigenvalue weighted by Crippen LogP contribution is -2.38. The smallest absolute Gasteiger partial charge is 0.191 e. The molecule has 9 heteroatoms. The molecule has 0 aliphatic rings. The minimum absolute atomic E-state index is 0. The number of aromatic amines is 1. The summed E-state index contributed by atoms with van der Waals surface area (Å²) in [6, 6.07) is 13.9. The van der Waals surface area contributed by atoms with E-state index in [0.717, 1.165) is 53.8 Å². The van der Waals surface area contributed by atoms with Crippen LogP contribution in [-0.4, -0.2) is 43.6 Å². The molecule has 3 aromatic heterocycles. The maximum absolute atomic E-state index is 4.62. The Morgan fingerprint density at radius 1 is 1.11 bits per heavy atom. The van der Waals surface area contributed by atoms with Crippen LogP contribution in [0.3, 0.4) is 0 Å². The van der Waals surface area contributed by atoms with E-state index in [1.165, 1.54) is 0 Å². The van der Waals surface area contributed by atoms with Crippen molar-refractivity contribution in [3.8, 4) is 0 Å². The monoisotopic (exact) mass is 490 g/mol. The van der Waals surface area contributed by atoms with E-state index in [2.05, 4.69) is 35.8 Å². The largest absolute Gasteiger partial charge is 0.357 e. The van der Waals surface area contributed by atoms with Gasteiger partial charge in [0.15, 0.2) is 17.4 Å². The van der Waals surface area contributed by atoms with Gasteiger partial charge in [0.1, 0.15) is 12.4 Å². The number of benzene rings is 1. The summed E-state index contributed by atoms with van der Waals surface area (Å²) in [5, 5.41) is 15.0. The van der Waals surface area contributed by atoms with Crippen LogP contribution in [0.5, 0.6) is 0 Å². The van der Waals surface area contributed by atoms with Gasteiger partial charge in [-0.2, -0.15) is 0 Å². The lowest BCUT2D eigenvalue weighted by Gasteiger charge is -2.10. The number of guanidine groups is 1. The van der Waals surface area contributed by atoms with Gasteiger partial charge in [-0.05, 0) is 31.2 Å². The zero-order chi connectivity index (χ0) is 18.5. The summed E-state index contributed by atoms with van der Waals surface area (Å²) in [4.78, 5) is 12.6. The van der Waals surface area contributed by atoms with E-state index in [1.807, 2.05) is 60.0 Å². The minimum Gasteiger partial charge on any atom is -0.357 e.